The quantitative estimate of drug-likeness (QED) is 0.876. The van der Waals surface area contributed by atoms with E-state index in [1.54, 1.807) is 0 Å². The highest BCUT2D eigenvalue weighted by molar-refractivity contribution is 5.33. The molecule has 2 unspecified atom stereocenters. The molecule has 20 heavy (non-hydrogen) atoms. The average molecular weight is 265 g/mol. The molecule has 0 heterocycles. The molecule has 1 aliphatic rings. The fraction of sp³-hybridized carbons (Fsp3) is 0.368. The van der Waals surface area contributed by atoms with E-state index in [1.807, 2.05) is 0 Å². The Bertz CT molecular complexity index is 547. The maximum absolute atomic E-state index is 3.66. The minimum Gasteiger partial charge on any atom is -0.310 e. The fourth-order valence-electron chi connectivity index (χ4n) is 3.46. The Labute approximate surface area is 122 Å². The zero-order valence-corrected chi connectivity index (χ0v) is 12.2. The Hall–Kier alpha value is -1.60. The molecule has 0 aromatic heterocycles. The van der Waals surface area contributed by atoms with Crippen LogP contribution < -0.4 is 5.32 Å². The van der Waals surface area contributed by atoms with Crippen LogP contribution in [0.15, 0.2) is 54.6 Å². The van der Waals surface area contributed by atoms with Crippen LogP contribution in [0.3, 0.4) is 0 Å². The van der Waals surface area contributed by atoms with Gasteiger partial charge in [-0.15, -0.1) is 0 Å². The van der Waals surface area contributed by atoms with Gasteiger partial charge < -0.3 is 5.32 Å². The molecular formula is C19H23N. The van der Waals surface area contributed by atoms with E-state index in [0.29, 0.717) is 6.04 Å². The van der Waals surface area contributed by atoms with Crippen LogP contribution in [0.2, 0.25) is 0 Å². The van der Waals surface area contributed by atoms with Crippen LogP contribution in [0.25, 0.3) is 0 Å². The van der Waals surface area contributed by atoms with Gasteiger partial charge in [-0.1, -0.05) is 61.5 Å². The summed E-state index contributed by atoms with van der Waals surface area (Å²) in [6, 6.07) is 20.4. The first kappa shape index (κ1) is 13.4. The average Bonchev–Trinajstić information content (AvgIpc) is 2.49. The van der Waals surface area contributed by atoms with E-state index < -0.39 is 0 Å². The molecule has 0 saturated heterocycles. The minimum absolute atomic E-state index is 0.527. The van der Waals surface area contributed by atoms with Crippen LogP contribution in [-0.4, -0.2) is 6.54 Å². The summed E-state index contributed by atoms with van der Waals surface area (Å²) < 4.78 is 0. The van der Waals surface area contributed by atoms with Gasteiger partial charge in [-0.05, 0) is 48.4 Å². The molecule has 0 spiro atoms. The van der Waals surface area contributed by atoms with Crippen LogP contribution >= 0.6 is 0 Å². The molecule has 2 atom stereocenters. The van der Waals surface area contributed by atoms with Crippen molar-refractivity contribution in [2.45, 2.75) is 32.2 Å². The van der Waals surface area contributed by atoms with E-state index in [0.717, 1.165) is 12.5 Å². The first-order valence-corrected chi connectivity index (χ1v) is 7.72. The standard InChI is InChI=1S/C19H23N/c1-2-20-19-14-16(12-15-8-4-3-5-9-15)13-17-10-6-7-11-18(17)19/h3-11,16,19-20H,2,12-14H2,1H3. The summed E-state index contributed by atoms with van der Waals surface area (Å²) in [6.07, 6.45) is 3.66. The predicted octanol–water partition coefficient (Wildman–Crippen LogP) is 4.14. The summed E-state index contributed by atoms with van der Waals surface area (Å²) >= 11 is 0. The van der Waals surface area contributed by atoms with Crippen molar-refractivity contribution < 1.29 is 0 Å². The molecule has 1 heteroatoms. The van der Waals surface area contributed by atoms with Crippen LogP contribution in [-0.2, 0) is 12.8 Å². The van der Waals surface area contributed by atoms with E-state index in [2.05, 4.69) is 66.8 Å². The smallest absolute Gasteiger partial charge is 0.0325 e. The molecule has 1 nitrogen and oxygen atoms in total. The van der Waals surface area contributed by atoms with Gasteiger partial charge in [0.25, 0.3) is 0 Å². The van der Waals surface area contributed by atoms with Crippen molar-refractivity contribution in [3.63, 3.8) is 0 Å². The molecule has 1 aliphatic carbocycles. The molecule has 3 rings (SSSR count). The van der Waals surface area contributed by atoms with E-state index in [9.17, 15) is 0 Å². The minimum atomic E-state index is 0.527. The Morgan fingerprint density at radius 1 is 1.00 bits per heavy atom. The molecule has 0 amide bonds. The first-order valence-electron chi connectivity index (χ1n) is 7.72. The summed E-state index contributed by atoms with van der Waals surface area (Å²) in [5, 5.41) is 3.66. The number of fused-ring (bicyclic) bond motifs is 1. The highest BCUT2D eigenvalue weighted by atomic mass is 14.9. The summed E-state index contributed by atoms with van der Waals surface area (Å²) in [6.45, 7) is 3.24. The molecule has 2 aromatic rings. The van der Waals surface area contributed by atoms with Crippen molar-refractivity contribution in [1.29, 1.82) is 0 Å². The van der Waals surface area contributed by atoms with Gasteiger partial charge in [0.15, 0.2) is 0 Å². The number of hydrogen-bond acceptors (Lipinski definition) is 1. The van der Waals surface area contributed by atoms with Crippen molar-refractivity contribution in [3.05, 3.63) is 71.3 Å². The van der Waals surface area contributed by atoms with Gasteiger partial charge in [-0.2, -0.15) is 0 Å². The number of benzene rings is 2. The Morgan fingerprint density at radius 2 is 1.75 bits per heavy atom. The van der Waals surface area contributed by atoms with Crippen molar-refractivity contribution in [1.82, 2.24) is 5.32 Å². The Balaban J connectivity index is 1.79. The molecular weight excluding hydrogens is 242 g/mol. The number of rotatable bonds is 4. The summed E-state index contributed by atoms with van der Waals surface area (Å²) in [5.74, 6) is 0.747. The van der Waals surface area contributed by atoms with E-state index >= 15 is 0 Å². The summed E-state index contributed by atoms with van der Waals surface area (Å²) in [7, 11) is 0. The monoisotopic (exact) mass is 265 g/mol. The lowest BCUT2D eigenvalue weighted by Gasteiger charge is -2.32. The molecule has 0 saturated carbocycles. The van der Waals surface area contributed by atoms with Crippen molar-refractivity contribution in [2.24, 2.45) is 5.92 Å². The zero-order valence-electron chi connectivity index (χ0n) is 12.2. The third-order valence-corrected chi connectivity index (χ3v) is 4.33. The lowest BCUT2D eigenvalue weighted by molar-refractivity contribution is 0.362. The van der Waals surface area contributed by atoms with Gasteiger partial charge in [0.2, 0.25) is 0 Å². The normalized spacial score (nSPS) is 21.4. The van der Waals surface area contributed by atoms with Crippen LogP contribution in [0.4, 0.5) is 0 Å². The third kappa shape index (κ3) is 2.94. The highest BCUT2D eigenvalue weighted by Crippen LogP contribution is 2.34. The second-order valence-corrected chi connectivity index (χ2v) is 5.80. The van der Waals surface area contributed by atoms with Gasteiger partial charge in [0.05, 0.1) is 0 Å². The maximum atomic E-state index is 3.66. The number of hydrogen-bond donors (Lipinski definition) is 1. The molecule has 1 N–H and O–H groups in total. The second kappa shape index (κ2) is 6.23. The second-order valence-electron chi connectivity index (χ2n) is 5.80. The molecule has 0 aliphatic heterocycles. The summed E-state index contributed by atoms with van der Waals surface area (Å²) in [5.41, 5.74) is 4.51. The van der Waals surface area contributed by atoms with Gasteiger partial charge in [-0.25, -0.2) is 0 Å². The predicted molar refractivity (Wildman–Crippen MR) is 84.8 cm³/mol. The van der Waals surface area contributed by atoms with Gasteiger partial charge >= 0.3 is 0 Å². The maximum Gasteiger partial charge on any atom is 0.0325 e. The lowest BCUT2D eigenvalue weighted by Crippen LogP contribution is -2.30. The largest absolute Gasteiger partial charge is 0.310 e. The van der Waals surface area contributed by atoms with Crippen LogP contribution in [0, 0.1) is 5.92 Å². The SMILES string of the molecule is CCNC1CC(Cc2ccccc2)Cc2ccccc21. The molecule has 0 radical (unpaired) electrons. The molecule has 0 bridgehead atoms. The first-order chi connectivity index (χ1) is 9.86. The van der Waals surface area contributed by atoms with E-state index in [1.165, 1.54) is 36.0 Å². The highest BCUT2D eigenvalue weighted by Gasteiger charge is 2.25. The van der Waals surface area contributed by atoms with E-state index in [-0.39, 0.29) is 0 Å². The number of nitrogens with one attached hydrogen (secondary N) is 1. The Morgan fingerprint density at radius 3 is 2.55 bits per heavy atom. The van der Waals surface area contributed by atoms with Gasteiger partial charge in [-0.3, -0.25) is 0 Å². The van der Waals surface area contributed by atoms with Crippen LogP contribution in [0.5, 0.6) is 0 Å². The lowest BCUT2D eigenvalue weighted by atomic mass is 9.78. The summed E-state index contributed by atoms with van der Waals surface area (Å²) in [4.78, 5) is 0. The van der Waals surface area contributed by atoms with Crippen LogP contribution in [0.1, 0.15) is 36.1 Å². The Kier molecular flexibility index (Phi) is 4.17. The van der Waals surface area contributed by atoms with E-state index in [4.69, 9.17) is 0 Å². The molecule has 104 valence electrons. The van der Waals surface area contributed by atoms with Crippen molar-refractivity contribution in [2.75, 3.05) is 6.54 Å². The van der Waals surface area contributed by atoms with Crippen molar-refractivity contribution in [3.8, 4) is 0 Å². The van der Waals surface area contributed by atoms with Gasteiger partial charge in [0, 0.05) is 6.04 Å². The molecule has 2 aromatic carbocycles. The van der Waals surface area contributed by atoms with Gasteiger partial charge in [0.1, 0.15) is 0 Å². The molecule has 0 fully saturated rings. The topological polar surface area (TPSA) is 12.0 Å². The third-order valence-electron chi connectivity index (χ3n) is 4.33. The fourth-order valence-corrected chi connectivity index (χ4v) is 3.46. The zero-order chi connectivity index (χ0) is 13.8. The van der Waals surface area contributed by atoms with Crippen molar-refractivity contribution >= 4 is 0 Å².